The van der Waals surface area contributed by atoms with Crippen molar-refractivity contribution in [2.75, 3.05) is 12.4 Å². The third kappa shape index (κ3) is 5.61. The van der Waals surface area contributed by atoms with E-state index in [0.29, 0.717) is 11.8 Å². The van der Waals surface area contributed by atoms with Crippen molar-refractivity contribution in [1.82, 2.24) is 5.32 Å². The van der Waals surface area contributed by atoms with Crippen LogP contribution in [0.2, 0.25) is 0 Å². The molecule has 0 aliphatic carbocycles. The predicted molar refractivity (Wildman–Crippen MR) is 107 cm³/mol. The number of amidine groups is 1. The number of carbonyl (C=O) groups is 2. The Morgan fingerprint density at radius 1 is 1.28 bits per heavy atom. The van der Waals surface area contributed by atoms with Gasteiger partial charge in [-0.1, -0.05) is 11.8 Å². The number of carbonyl (C=O) groups excluding carboxylic acids is 2. The highest BCUT2D eigenvalue weighted by atomic mass is 32.2. The van der Waals surface area contributed by atoms with Crippen LogP contribution in [0.25, 0.3) is 0 Å². The quantitative estimate of drug-likeness (QED) is 0.557. The molecule has 0 saturated carbocycles. The average Bonchev–Trinajstić information content (AvgIpc) is 3.03. The number of ether oxygens (including phenoxy) is 1. The summed E-state index contributed by atoms with van der Waals surface area (Å²) in [5.74, 6) is -1.90. The minimum atomic E-state index is -0.892. The van der Waals surface area contributed by atoms with E-state index >= 15 is 0 Å². The Balaban J connectivity index is 1.55. The summed E-state index contributed by atoms with van der Waals surface area (Å²) >= 11 is 1.05. The van der Waals surface area contributed by atoms with E-state index in [2.05, 4.69) is 20.8 Å². The van der Waals surface area contributed by atoms with Crippen LogP contribution < -0.4 is 15.4 Å². The lowest BCUT2D eigenvalue weighted by molar-refractivity contribution is -0.122. The first-order chi connectivity index (χ1) is 13.9. The summed E-state index contributed by atoms with van der Waals surface area (Å²) in [5.41, 5.74) is 0.638. The van der Waals surface area contributed by atoms with E-state index in [1.807, 2.05) is 0 Å². The van der Waals surface area contributed by atoms with Gasteiger partial charge in [0.1, 0.15) is 22.6 Å². The highest BCUT2D eigenvalue weighted by Gasteiger charge is 2.32. The number of hydrogen-bond donors (Lipinski definition) is 2. The highest BCUT2D eigenvalue weighted by Crippen LogP contribution is 2.23. The topological polar surface area (TPSA) is 92.2 Å². The van der Waals surface area contributed by atoms with Crippen molar-refractivity contribution in [1.29, 1.82) is 0 Å². The van der Waals surface area contributed by atoms with Gasteiger partial charge in [0.2, 0.25) is 11.8 Å². The minimum Gasteiger partial charge on any atom is -0.497 e. The molecule has 1 fully saturated rings. The molecular formula is C19H16F2N4O3S. The first kappa shape index (κ1) is 20.5. The molecule has 1 unspecified atom stereocenters. The van der Waals surface area contributed by atoms with Gasteiger partial charge in [-0.3, -0.25) is 9.59 Å². The second kappa shape index (κ2) is 9.28. The summed E-state index contributed by atoms with van der Waals surface area (Å²) in [5, 5.41) is 12.2. The molecular weight excluding hydrogens is 402 g/mol. The Hall–Kier alpha value is -3.27. The fourth-order valence-electron chi connectivity index (χ4n) is 2.38. The van der Waals surface area contributed by atoms with Crippen molar-refractivity contribution in [2.24, 2.45) is 10.2 Å². The third-order valence-electron chi connectivity index (χ3n) is 3.82. The molecule has 1 atom stereocenters. The van der Waals surface area contributed by atoms with Crippen molar-refractivity contribution < 1.29 is 23.1 Å². The number of amides is 2. The number of hydrogen-bond acceptors (Lipinski definition) is 6. The van der Waals surface area contributed by atoms with E-state index in [1.165, 1.54) is 6.21 Å². The largest absolute Gasteiger partial charge is 0.497 e. The Kier molecular flexibility index (Phi) is 6.55. The number of thioether (sulfide) groups is 1. The summed E-state index contributed by atoms with van der Waals surface area (Å²) in [4.78, 5) is 24.1. The maximum atomic E-state index is 13.6. The van der Waals surface area contributed by atoms with Crippen molar-refractivity contribution in [2.45, 2.75) is 11.7 Å². The van der Waals surface area contributed by atoms with E-state index in [9.17, 15) is 18.4 Å². The lowest BCUT2D eigenvalue weighted by atomic mass is 10.2. The molecule has 150 valence electrons. The molecule has 0 aromatic heterocycles. The summed E-state index contributed by atoms with van der Waals surface area (Å²) in [6, 6.07) is 9.96. The number of anilines is 1. The van der Waals surface area contributed by atoms with Crippen molar-refractivity contribution in [3.05, 3.63) is 59.7 Å². The monoisotopic (exact) mass is 418 g/mol. The maximum absolute atomic E-state index is 13.6. The summed E-state index contributed by atoms with van der Waals surface area (Å²) in [6.45, 7) is 0. The summed E-state index contributed by atoms with van der Waals surface area (Å²) in [6.07, 6.45) is 1.31. The van der Waals surface area contributed by atoms with Crippen molar-refractivity contribution in [3.8, 4) is 5.75 Å². The van der Waals surface area contributed by atoms with Gasteiger partial charge in [0.25, 0.3) is 0 Å². The van der Waals surface area contributed by atoms with E-state index in [-0.39, 0.29) is 17.3 Å². The van der Waals surface area contributed by atoms with Gasteiger partial charge >= 0.3 is 0 Å². The molecule has 2 aromatic carbocycles. The van der Waals surface area contributed by atoms with E-state index in [1.54, 1.807) is 31.4 Å². The molecule has 1 heterocycles. The molecule has 10 heteroatoms. The molecule has 1 saturated heterocycles. The zero-order valence-corrected chi connectivity index (χ0v) is 16.0. The SMILES string of the molecule is COc1ccc(/C=N/N=C2\NC(=O)C(CC(=O)Nc3ccc(F)cc3F)S2)cc1. The van der Waals surface area contributed by atoms with Crippen LogP contribution in [0.5, 0.6) is 5.75 Å². The number of nitrogens with zero attached hydrogens (tertiary/aromatic N) is 2. The van der Waals surface area contributed by atoms with Crippen LogP contribution in [0.4, 0.5) is 14.5 Å². The van der Waals surface area contributed by atoms with Crippen molar-refractivity contribution >= 4 is 40.6 Å². The van der Waals surface area contributed by atoms with Gasteiger partial charge in [-0.05, 0) is 42.0 Å². The molecule has 0 radical (unpaired) electrons. The molecule has 0 spiro atoms. The molecule has 1 aliphatic rings. The minimum absolute atomic E-state index is 0.155. The second-order valence-corrected chi connectivity index (χ2v) is 7.09. The Bertz CT molecular complexity index is 980. The van der Waals surface area contributed by atoms with Crippen molar-refractivity contribution in [3.63, 3.8) is 0 Å². The molecule has 29 heavy (non-hydrogen) atoms. The summed E-state index contributed by atoms with van der Waals surface area (Å²) in [7, 11) is 1.57. The average molecular weight is 418 g/mol. The molecule has 3 rings (SSSR count). The number of benzene rings is 2. The number of methoxy groups -OCH3 is 1. The standard InChI is InChI=1S/C19H16F2N4O3S/c1-28-13-5-2-11(3-6-13)10-22-25-19-24-18(27)16(29-19)9-17(26)23-15-7-4-12(20)8-14(15)21/h2-8,10,16H,9H2,1H3,(H,23,26)(H,24,25,27)/b22-10+. The molecule has 2 amide bonds. The first-order valence-electron chi connectivity index (χ1n) is 8.42. The molecule has 2 N–H and O–H groups in total. The first-order valence-corrected chi connectivity index (χ1v) is 9.30. The van der Waals surface area contributed by atoms with Crippen LogP contribution in [0.15, 0.2) is 52.7 Å². The Labute approximate surface area is 169 Å². The fourth-order valence-corrected chi connectivity index (χ4v) is 3.31. The normalized spacial score (nSPS) is 17.6. The van der Waals surface area contributed by atoms with Crippen LogP contribution in [-0.2, 0) is 9.59 Å². The van der Waals surface area contributed by atoms with Gasteiger partial charge in [0.05, 0.1) is 19.0 Å². The molecule has 2 aromatic rings. The Morgan fingerprint density at radius 2 is 2.03 bits per heavy atom. The van der Waals surface area contributed by atoms with Gasteiger partial charge < -0.3 is 15.4 Å². The van der Waals surface area contributed by atoms with E-state index in [0.717, 1.165) is 29.5 Å². The fraction of sp³-hybridized carbons (Fsp3) is 0.158. The smallest absolute Gasteiger partial charge is 0.240 e. The number of halogens is 2. The Morgan fingerprint density at radius 3 is 2.72 bits per heavy atom. The molecule has 7 nitrogen and oxygen atoms in total. The van der Waals surface area contributed by atoms with E-state index in [4.69, 9.17) is 4.74 Å². The third-order valence-corrected chi connectivity index (χ3v) is 4.90. The predicted octanol–water partition coefficient (Wildman–Crippen LogP) is 2.92. The van der Waals surface area contributed by atoms with Crippen LogP contribution in [0.3, 0.4) is 0 Å². The van der Waals surface area contributed by atoms with Crippen LogP contribution in [0, 0.1) is 11.6 Å². The van der Waals surface area contributed by atoms with Crippen LogP contribution in [-0.4, -0.2) is 35.6 Å². The van der Waals surface area contributed by atoms with Gasteiger partial charge in [0, 0.05) is 12.5 Å². The lowest BCUT2D eigenvalue weighted by Gasteiger charge is -2.08. The zero-order valence-electron chi connectivity index (χ0n) is 15.2. The number of rotatable bonds is 6. The van der Waals surface area contributed by atoms with Gasteiger partial charge in [-0.2, -0.15) is 5.10 Å². The van der Waals surface area contributed by atoms with Gasteiger partial charge in [-0.15, -0.1) is 5.10 Å². The second-order valence-electron chi connectivity index (χ2n) is 5.90. The summed E-state index contributed by atoms with van der Waals surface area (Å²) < 4.78 is 31.6. The zero-order chi connectivity index (χ0) is 20.8. The number of nitrogens with one attached hydrogen (secondary N) is 2. The van der Waals surface area contributed by atoms with Crippen LogP contribution >= 0.6 is 11.8 Å². The molecule has 1 aliphatic heterocycles. The van der Waals surface area contributed by atoms with Gasteiger partial charge in [-0.25, -0.2) is 8.78 Å². The maximum Gasteiger partial charge on any atom is 0.240 e. The van der Waals surface area contributed by atoms with E-state index < -0.39 is 28.7 Å². The molecule has 0 bridgehead atoms. The lowest BCUT2D eigenvalue weighted by Crippen LogP contribution is -2.28. The van der Waals surface area contributed by atoms with Crippen LogP contribution in [0.1, 0.15) is 12.0 Å². The highest BCUT2D eigenvalue weighted by molar-refractivity contribution is 8.15. The van der Waals surface area contributed by atoms with Gasteiger partial charge in [0.15, 0.2) is 5.17 Å².